The van der Waals surface area contributed by atoms with Crippen molar-refractivity contribution in [3.8, 4) is 0 Å². The Bertz CT molecular complexity index is 558. The third-order valence-electron chi connectivity index (χ3n) is 2.71. The molecule has 2 aliphatic rings. The van der Waals surface area contributed by atoms with Crippen LogP contribution < -0.4 is 0 Å². The van der Waals surface area contributed by atoms with Crippen molar-refractivity contribution in [3.63, 3.8) is 0 Å². The lowest BCUT2D eigenvalue weighted by Crippen LogP contribution is -2.49. The molecule has 20 heavy (non-hydrogen) atoms. The van der Waals surface area contributed by atoms with Gasteiger partial charge in [-0.05, 0) is 0 Å². The maximum absolute atomic E-state index is 11.6. The molecule has 11 nitrogen and oxygen atoms in total. The molecule has 1 fully saturated rings. The van der Waals surface area contributed by atoms with Crippen LogP contribution in [-0.4, -0.2) is 46.6 Å². The van der Waals surface area contributed by atoms with E-state index < -0.39 is 32.7 Å². The lowest BCUT2D eigenvalue weighted by atomic mass is 9.99. The van der Waals surface area contributed by atoms with E-state index in [-0.39, 0.29) is 18.1 Å². The van der Waals surface area contributed by atoms with Gasteiger partial charge < -0.3 is 14.3 Å². The molecule has 11 heteroatoms. The van der Waals surface area contributed by atoms with Gasteiger partial charge >= 0.3 is 17.2 Å². The number of hydrogen-bond donors (Lipinski definition) is 0. The van der Waals surface area contributed by atoms with E-state index in [4.69, 9.17) is 9.47 Å². The number of rotatable bonds is 3. The normalized spacial score (nSPS) is 23.1. The Labute approximate surface area is 111 Å². The first-order chi connectivity index (χ1) is 9.42. The summed E-state index contributed by atoms with van der Waals surface area (Å²) in [6.07, 6.45) is 1.51. The van der Waals surface area contributed by atoms with E-state index in [2.05, 4.69) is 4.84 Å². The monoisotopic (exact) mass is 287 g/mol. The first-order valence-corrected chi connectivity index (χ1v) is 5.31. The molecule has 2 rings (SSSR count). The van der Waals surface area contributed by atoms with Crippen LogP contribution in [0.2, 0.25) is 0 Å². The van der Waals surface area contributed by atoms with Gasteiger partial charge in [0.2, 0.25) is 0 Å². The smallest absolute Gasteiger partial charge is 0.356 e. The molecule has 1 aliphatic heterocycles. The predicted octanol–water partition coefficient (Wildman–Crippen LogP) is -0.423. The molecule has 0 amide bonds. The number of nitro groups is 2. The lowest BCUT2D eigenvalue weighted by molar-refractivity contribution is -0.736. The summed E-state index contributed by atoms with van der Waals surface area (Å²) in [4.78, 5) is 24.4. The Morgan fingerprint density at radius 1 is 1.15 bits per heavy atom. The molecule has 0 saturated carbocycles. The third-order valence-corrected chi connectivity index (χ3v) is 2.71. The molecular formula is C9H9N3O8. The zero-order chi connectivity index (χ0) is 14.9. The van der Waals surface area contributed by atoms with Crippen LogP contribution in [-0.2, 0) is 14.3 Å². The van der Waals surface area contributed by atoms with Crippen LogP contribution >= 0.6 is 0 Å². The highest BCUT2D eigenvalue weighted by atomic mass is 16.9. The minimum atomic E-state index is -2.10. The summed E-state index contributed by atoms with van der Waals surface area (Å²) in [7, 11) is 1.01. The Balaban J connectivity index is 2.67. The Morgan fingerprint density at radius 2 is 1.75 bits per heavy atom. The van der Waals surface area contributed by atoms with Gasteiger partial charge in [-0.2, -0.15) is 0 Å². The molecular weight excluding hydrogens is 278 g/mol. The average Bonchev–Trinajstić information content (AvgIpc) is 2.87. The standard InChI is InChI=1S/C9H9N3O8/c1-18-12(17)8-5-6(10(13)14)4-7(11(15)16)9(8)19-2-3-20-9/h4-5H,2-3H2,1H3/b12-8-. The van der Waals surface area contributed by atoms with E-state index in [0.29, 0.717) is 6.08 Å². The molecule has 1 heterocycles. The zero-order valence-electron chi connectivity index (χ0n) is 10.2. The van der Waals surface area contributed by atoms with E-state index in [0.717, 1.165) is 13.2 Å². The molecule has 1 aliphatic carbocycles. The van der Waals surface area contributed by atoms with Crippen molar-refractivity contribution in [2.75, 3.05) is 20.3 Å². The van der Waals surface area contributed by atoms with Crippen LogP contribution in [0.4, 0.5) is 0 Å². The van der Waals surface area contributed by atoms with Gasteiger partial charge in [0.25, 0.3) is 5.70 Å². The Kier molecular flexibility index (Phi) is 3.38. The van der Waals surface area contributed by atoms with E-state index >= 15 is 0 Å². The van der Waals surface area contributed by atoms with Gasteiger partial charge in [-0.3, -0.25) is 25.4 Å². The lowest BCUT2D eigenvalue weighted by Gasteiger charge is -2.23. The van der Waals surface area contributed by atoms with Crippen molar-refractivity contribution < 1.29 is 29.1 Å². The summed E-state index contributed by atoms with van der Waals surface area (Å²) in [5, 5.41) is 33.5. The largest absolute Gasteiger partial charge is 0.406 e. The zero-order valence-corrected chi connectivity index (χ0v) is 10.2. The maximum Gasteiger partial charge on any atom is 0.356 e. The minimum Gasteiger partial charge on any atom is -0.406 e. The third kappa shape index (κ3) is 1.98. The van der Waals surface area contributed by atoms with Gasteiger partial charge in [-0.15, -0.1) is 0 Å². The molecule has 0 aromatic rings. The molecule has 0 unspecified atom stereocenters. The predicted molar refractivity (Wildman–Crippen MR) is 60.4 cm³/mol. The fourth-order valence-electron chi connectivity index (χ4n) is 1.90. The highest BCUT2D eigenvalue weighted by Crippen LogP contribution is 2.35. The van der Waals surface area contributed by atoms with Crippen molar-refractivity contribution in [2.24, 2.45) is 0 Å². The minimum absolute atomic E-state index is 0.00608. The summed E-state index contributed by atoms with van der Waals surface area (Å²) >= 11 is 0. The van der Waals surface area contributed by atoms with Gasteiger partial charge in [-0.25, -0.2) is 0 Å². The highest BCUT2D eigenvalue weighted by Gasteiger charge is 2.61. The summed E-state index contributed by atoms with van der Waals surface area (Å²) in [6, 6.07) is 0. The van der Waals surface area contributed by atoms with Crippen LogP contribution in [0.25, 0.3) is 0 Å². The van der Waals surface area contributed by atoms with Crippen LogP contribution in [0, 0.1) is 25.4 Å². The molecule has 1 saturated heterocycles. The van der Waals surface area contributed by atoms with Crippen molar-refractivity contribution in [3.05, 3.63) is 49.0 Å². The number of nitrogens with zero attached hydrogens (tertiary/aromatic N) is 3. The summed E-state index contributed by atoms with van der Waals surface area (Å²) < 4.78 is 10.3. The number of ether oxygens (including phenoxy) is 2. The van der Waals surface area contributed by atoms with Gasteiger partial charge in [0.15, 0.2) is 0 Å². The fourth-order valence-corrected chi connectivity index (χ4v) is 1.90. The van der Waals surface area contributed by atoms with Gasteiger partial charge in [0.05, 0.1) is 35.2 Å². The second-order valence-electron chi connectivity index (χ2n) is 3.75. The van der Waals surface area contributed by atoms with Crippen LogP contribution in [0.5, 0.6) is 0 Å². The van der Waals surface area contributed by atoms with Crippen LogP contribution in [0.1, 0.15) is 0 Å². The second-order valence-corrected chi connectivity index (χ2v) is 3.75. The quantitative estimate of drug-likeness (QED) is 0.387. The fraction of sp³-hybridized carbons (Fsp3) is 0.444. The highest BCUT2D eigenvalue weighted by molar-refractivity contribution is 6.01. The van der Waals surface area contributed by atoms with Gasteiger partial charge in [0.1, 0.15) is 0 Å². The van der Waals surface area contributed by atoms with Gasteiger partial charge in [-0.1, -0.05) is 0 Å². The van der Waals surface area contributed by atoms with Crippen LogP contribution in [0.15, 0.2) is 23.5 Å². The molecule has 0 atom stereocenters. The second kappa shape index (κ2) is 4.86. The number of allylic oxidation sites excluding steroid dienone is 1. The maximum atomic E-state index is 11.6. The van der Waals surface area contributed by atoms with E-state index in [9.17, 15) is 25.4 Å². The molecule has 0 bridgehead atoms. The van der Waals surface area contributed by atoms with E-state index in [1.54, 1.807) is 0 Å². The summed E-state index contributed by atoms with van der Waals surface area (Å²) in [6.45, 7) is -0.0122. The Hall–Kier alpha value is -2.53. The SMILES string of the molecule is CO/[N+]([O-])=C1/C=C([N+](=O)[O-])C=C([N+](=O)[O-])C12OCCO2. The topological polar surface area (TPSA) is 140 Å². The molecule has 0 radical (unpaired) electrons. The summed E-state index contributed by atoms with van der Waals surface area (Å²) in [5.74, 6) is -2.10. The molecule has 108 valence electrons. The molecule has 0 aromatic carbocycles. The van der Waals surface area contributed by atoms with Gasteiger partial charge in [0, 0.05) is 12.0 Å². The number of hydrogen-bond acceptors (Lipinski definition) is 8. The Morgan fingerprint density at radius 3 is 2.20 bits per heavy atom. The average molecular weight is 287 g/mol. The summed E-state index contributed by atoms with van der Waals surface area (Å²) in [5.41, 5.74) is -1.91. The van der Waals surface area contributed by atoms with Crippen molar-refractivity contribution in [1.82, 2.24) is 0 Å². The molecule has 1 spiro atoms. The molecule has 0 aromatic heterocycles. The van der Waals surface area contributed by atoms with E-state index in [1.165, 1.54) is 0 Å². The first kappa shape index (κ1) is 13.9. The van der Waals surface area contributed by atoms with Crippen LogP contribution in [0.3, 0.4) is 0 Å². The van der Waals surface area contributed by atoms with Crippen molar-refractivity contribution in [2.45, 2.75) is 5.79 Å². The van der Waals surface area contributed by atoms with Crippen molar-refractivity contribution >= 4 is 5.71 Å². The van der Waals surface area contributed by atoms with E-state index in [1.807, 2.05) is 0 Å². The first-order valence-electron chi connectivity index (χ1n) is 5.31. The van der Waals surface area contributed by atoms with Crippen molar-refractivity contribution in [1.29, 1.82) is 0 Å². The molecule has 0 N–H and O–H groups in total.